The minimum absolute atomic E-state index is 0.00275. The van der Waals surface area contributed by atoms with E-state index < -0.39 is 11.6 Å². The Hall–Kier alpha value is -1.24. The van der Waals surface area contributed by atoms with Gasteiger partial charge in [0.15, 0.2) is 0 Å². The van der Waals surface area contributed by atoms with Gasteiger partial charge in [-0.15, -0.1) is 0 Å². The van der Waals surface area contributed by atoms with E-state index in [1.165, 1.54) is 0 Å². The van der Waals surface area contributed by atoms with Gasteiger partial charge in [-0.1, -0.05) is 20.8 Å². The molecule has 2 rings (SSSR count). The van der Waals surface area contributed by atoms with E-state index in [2.05, 4.69) is 31.4 Å². The average Bonchev–Trinajstić information content (AvgIpc) is 2.60. The molecule has 0 aromatic heterocycles. The van der Waals surface area contributed by atoms with Gasteiger partial charge < -0.3 is 10.6 Å². The molecular weight excluding hydrogens is 314 g/mol. The van der Waals surface area contributed by atoms with Crippen LogP contribution in [0.4, 0.5) is 4.79 Å². The molecule has 1 aliphatic carbocycles. The molecule has 2 N–H and O–H groups in total. The Balaban J connectivity index is 2.06. The van der Waals surface area contributed by atoms with Crippen LogP contribution in [-0.2, 0) is 9.59 Å². The molecule has 2 aliphatic rings. The van der Waals surface area contributed by atoms with E-state index >= 15 is 0 Å². The molecule has 0 unspecified atom stereocenters. The number of amides is 4. The smallest absolute Gasteiger partial charge is 0.325 e. The predicted octanol–water partition coefficient (Wildman–Crippen LogP) is 1.60. The number of thioether (sulfide) groups is 1. The highest BCUT2D eigenvalue weighted by Gasteiger charge is 2.56. The van der Waals surface area contributed by atoms with E-state index in [-0.39, 0.29) is 23.8 Å². The molecule has 0 aromatic carbocycles. The van der Waals surface area contributed by atoms with E-state index in [1.807, 2.05) is 6.26 Å². The van der Waals surface area contributed by atoms with Gasteiger partial charge in [-0.2, -0.15) is 11.8 Å². The third-order valence-electron chi connectivity index (χ3n) is 4.55. The highest BCUT2D eigenvalue weighted by atomic mass is 32.2. The normalized spacial score (nSPS) is 29.7. The Labute approximate surface area is 142 Å². The summed E-state index contributed by atoms with van der Waals surface area (Å²) in [6, 6.07) is -0.445. The van der Waals surface area contributed by atoms with Gasteiger partial charge in [0.25, 0.3) is 5.91 Å². The number of imide groups is 1. The van der Waals surface area contributed by atoms with Crippen molar-refractivity contribution in [2.24, 2.45) is 11.3 Å². The van der Waals surface area contributed by atoms with Crippen molar-refractivity contribution >= 4 is 29.6 Å². The first-order valence-electron chi connectivity index (χ1n) is 8.09. The van der Waals surface area contributed by atoms with Crippen molar-refractivity contribution in [1.29, 1.82) is 0 Å². The fourth-order valence-corrected chi connectivity index (χ4v) is 4.45. The van der Waals surface area contributed by atoms with Gasteiger partial charge in [-0.25, -0.2) is 4.79 Å². The number of urea groups is 1. The number of carbonyl (C=O) groups is 3. The number of nitrogens with one attached hydrogen (secondary N) is 2. The number of nitrogens with zero attached hydrogens (tertiary/aromatic N) is 1. The first-order chi connectivity index (χ1) is 10.7. The lowest BCUT2D eigenvalue weighted by Crippen LogP contribution is -2.54. The third kappa shape index (κ3) is 4.00. The molecule has 2 atom stereocenters. The molecule has 1 saturated heterocycles. The quantitative estimate of drug-likeness (QED) is 0.588. The Morgan fingerprint density at radius 2 is 2.09 bits per heavy atom. The summed E-state index contributed by atoms with van der Waals surface area (Å²) >= 11 is 1.63. The zero-order valence-electron chi connectivity index (χ0n) is 14.4. The van der Waals surface area contributed by atoms with E-state index in [4.69, 9.17) is 0 Å². The standard InChI is InChI=1S/C16H27N3O3S/c1-11-7-15(2,3)10-16(8-11)13(21)19(14(22)18-16)9-12(20)17-5-6-23-4/h11H,5-10H2,1-4H3,(H,17,20)(H,18,22)/t11-,16-/m1/s1. The lowest BCUT2D eigenvalue weighted by molar-refractivity contribution is -0.137. The van der Waals surface area contributed by atoms with Crippen molar-refractivity contribution in [3.05, 3.63) is 0 Å². The molecule has 1 spiro atoms. The Kier molecular flexibility index (Phi) is 5.28. The third-order valence-corrected chi connectivity index (χ3v) is 5.17. The molecular formula is C16H27N3O3S. The maximum Gasteiger partial charge on any atom is 0.325 e. The van der Waals surface area contributed by atoms with Crippen LogP contribution in [0.1, 0.15) is 40.0 Å². The molecule has 23 heavy (non-hydrogen) atoms. The fourth-order valence-electron chi connectivity index (χ4n) is 4.14. The molecule has 1 aliphatic heterocycles. The molecule has 6 nitrogen and oxygen atoms in total. The molecule has 0 bridgehead atoms. The summed E-state index contributed by atoms with van der Waals surface area (Å²) < 4.78 is 0. The van der Waals surface area contributed by atoms with Crippen LogP contribution in [0.3, 0.4) is 0 Å². The van der Waals surface area contributed by atoms with Crippen molar-refractivity contribution in [2.75, 3.05) is 25.1 Å². The van der Waals surface area contributed by atoms with Gasteiger partial charge in [-0.05, 0) is 36.9 Å². The van der Waals surface area contributed by atoms with Crippen LogP contribution in [0.15, 0.2) is 0 Å². The van der Waals surface area contributed by atoms with Crippen LogP contribution < -0.4 is 10.6 Å². The molecule has 2 fully saturated rings. The first-order valence-corrected chi connectivity index (χ1v) is 9.48. The van der Waals surface area contributed by atoms with Crippen LogP contribution in [-0.4, -0.2) is 53.4 Å². The van der Waals surface area contributed by atoms with Gasteiger partial charge in [0, 0.05) is 12.3 Å². The van der Waals surface area contributed by atoms with Crippen LogP contribution in [0.5, 0.6) is 0 Å². The minimum atomic E-state index is -0.836. The van der Waals surface area contributed by atoms with Gasteiger partial charge in [0.2, 0.25) is 5.91 Å². The van der Waals surface area contributed by atoms with Crippen molar-refractivity contribution in [3.8, 4) is 0 Å². The molecule has 130 valence electrons. The van der Waals surface area contributed by atoms with Crippen molar-refractivity contribution in [1.82, 2.24) is 15.5 Å². The number of rotatable bonds is 5. The molecule has 0 radical (unpaired) electrons. The number of hydrogen-bond donors (Lipinski definition) is 2. The number of carbonyl (C=O) groups excluding carboxylic acids is 3. The maximum atomic E-state index is 12.9. The van der Waals surface area contributed by atoms with Gasteiger partial charge in [0.1, 0.15) is 12.1 Å². The predicted molar refractivity (Wildman–Crippen MR) is 91.2 cm³/mol. The summed E-state index contributed by atoms with van der Waals surface area (Å²) in [7, 11) is 0. The number of hydrogen-bond acceptors (Lipinski definition) is 4. The SMILES string of the molecule is CSCCNC(=O)CN1C(=O)N[C@@]2(C[C@H](C)CC(C)(C)C2)C1=O. The summed E-state index contributed by atoms with van der Waals surface area (Å²) in [5.41, 5.74) is -0.838. The van der Waals surface area contributed by atoms with Crippen LogP contribution >= 0.6 is 11.8 Å². The van der Waals surface area contributed by atoms with Gasteiger partial charge in [0.05, 0.1) is 0 Å². The lowest BCUT2D eigenvalue weighted by atomic mass is 9.64. The first kappa shape index (κ1) is 18.1. The Morgan fingerprint density at radius 1 is 1.39 bits per heavy atom. The zero-order valence-corrected chi connectivity index (χ0v) is 15.2. The molecule has 1 saturated carbocycles. The Bertz CT molecular complexity index is 509. The van der Waals surface area contributed by atoms with E-state index in [9.17, 15) is 14.4 Å². The van der Waals surface area contributed by atoms with Crippen LogP contribution in [0.2, 0.25) is 0 Å². The second-order valence-electron chi connectivity index (χ2n) is 7.60. The summed E-state index contributed by atoms with van der Waals surface area (Å²) in [4.78, 5) is 38.1. The van der Waals surface area contributed by atoms with Gasteiger partial charge in [-0.3, -0.25) is 14.5 Å². The minimum Gasteiger partial charge on any atom is -0.354 e. The van der Waals surface area contributed by atoms with Gasteiger partial charge >= 0.3 is 6.03 Å². The highest BCUT2D eigenvalue weighted by molar-refractivity contribution is 7.98. The van der Waals surface area contributed by atoms with Crippen molar-refractivity contribution in [3.63, 3.8) is 0 Å². The average molecular weight is 341 g/mol. The monoisotopic (exact) mass is 341 g/mol. The van der Waals surface area contributed by atoms with Crippen molar-refractivity contribution in [2.45, 2.75) is 45.6 Å². The van der Waals surface area contributed by atoms with Crippen molar-refractivity contribution < 1.29 is 14.4 Å². The maximum absolute atomic E-state index is 12.9. The summed E-state index contributed by atoms with van der Waals surface area (Å²) in [5, 5.41) is 5.62. The van der Waals surface area contributed by atoms with Crippen LogP contribution in [0, 0.1) is 11.3 Å². The molecule has 1 heterocycles. The second kappa shape index (κ2) is 6.71. The molecule has 0 aromatic rings. The van der Waals surface area contributed by atoms with E-state index in [0.717, 1.165) is 17.1 Å². The fraction of sp³-hybridized carbons (Fsp3) is 0.812. The summed E-state index contributed by atoms with van der Waals surface area (Å²) in [5.74, 6) is 0.629. The topological polar surface area (TPSA) is 78.5 Å². The summed E-state index contributed by atoms with van der Waals surface area (Å²) in [6.45, 7) is 6.71. The molecule has 4 amide bonds. The molecule has 7 heteroatoms. The van der Waals surface area contributed by atoms with Crippen LogP contribution in [0.25, 0.3) is 0 Å². The lowest BCUT2D eigenvalue weighted by Gasteiger charge is -2.43. The summed E-state index contributed by atoms with van der Waals surface area (Å²) in [6.07, 6.45) is 4.26. The van der Waals surface area contributed by atoms with E-state index in [1.54, 1.807) is 11.8 Å². The zero-order chi connectivity index (χ0) is 17.3. The second-order valence-corrected chi connectivity index (χ2v) is 8.59. The Morgan fingerprint density at radius 3 is 2.70 bits per heavy atom. The van der Waals surface area contributed by atoms with E-state index in [0.29, 0.717) is 25.3 Å². The largest absolute Gasteiger partial charge is 0.354 e. The highest BCUT2D eigenvalue weighted by Crippen LogP contribution is 2.46.